The van der Waals surface area contributed by atoms with E-state index in [1.54, 1.807) is 12.0 Å². The predicted molar refractivity (Wildman–Crippen MR) is 90.1 cm³/mol. The minimum absolute atomic E-state index is 0.184. The lowest BCUT2D eigenvalue weighted by Crippen LogP contribution is -2.48. The number of aryl methyl sites for hydroxylation is 1. The van der Waals surface area contributed by atoms with Gasteiger partial charge in [-0.1, -0.05) is 0 Å². The van der Waals surface area contributed by atoms with E-state index in [-0.39, 0.29) is 12.0 Å². The molecule has 1 aliphatic heterocycles. The van der Waals surface area contributed by atoms with Crippen LogP contribution in [0.15, 0.2) is 12.4 Å². The minimum atomic E-state index is 0.184. The Hall–Kier alpha value is -1.40. The zero-order chi connectivity index (χ0) is 16.8. The van der Waals surface area contributed by atoms with Crippen LogP contribution in [0.4, 0.5) is 0 Å². The summed E-state index contributed by atoms with van der Waals surface area (Å²) in [6, 6.07) is 0.294. The van der Waals surface area contributed by atoms with Crippen LogP contribution in [0.5, 0.6) is 0 Å². The molecule has 0 aromatic carbocycles. The van der Waals surface area contributed by atoms with Gasteiger partial charge < -0.3 is 9.64 Å². The molecule has 0 aliphatic carbocycles. The van der Waals surface area contributed by atoms with Gasteiger partial charge in [-0.2, -0.15) is 5.10 Å². The molecule has 0 unspecified atom stereocenters. The Morgan fingerprint density at radius 1 is 1.48 bits per heavy atom. The van der Waals surface area contributed by atoms with E-state index in [4.69, 9.17) is 4.74 Å². The number of methoxy groups -OCH3 is 1. The van der Waals surface area contributed by atoms with E-state index < -0.39 is 0 Å². The molecule has 0 radical (unpaired) electrons. The Balaban J connectivity index is 2.02. The van der Waals surface area contributed by atoms with Crippen LogP contribution in [0.1, 0.15) is 38.2 Å². The SMILES string of the molecule is CCn1cc(CN2CCC[C@H](OC)[C@@H]2CCC(=O)N(C)C)cn1. The Bertz CT molecular complexity index is 501. The summed E-state index contributed by atoms with van der Waals surface area (Å²) < 4.78 is 7.66. The summed E-state index contributed by atoms with van der Waals surface area (Å²) in [5, 5.41) is 4.36. The molecule has 1 aliphatic rings. The van der Waals surface area contributed by atoms with Gasteiger partial charge in [0.1, 0.15) is 0 Å². The predicted octanol–water partition coefficient (Wildman–Crippen LogP) is 1.75. The van der Waals surface area contributed by atoms with Gasteiger partial charge in [0.25, 0.3) is 0 Å². The van der Waals surface area contributed by atoms with Crippen LogP contribution in [0.3, 0.4) is 0 Å². The largest absolute Gasteiger partial charge is 0.380 e. The maximum Gasteiger partial charge on any atom is 0.222 e. The van der Waals surface area contributed by atoms with Gasteiger partial charge in [0.15, 0.2) is 0 Å². The van der Waals surface area contributed by atoms with Crippen molar-refractivity contribution in [3.63, 3.8) is 0 Å². The molecule has 2 rings (SSSR count). The first kappa shape index (κ1) is 17.9. The number of carbonyl (C=O) groups is 1. The number of rotatable bonds is 7. The first-order valence-corrected chi connectivity index (χ1v) is 8.53. The molecule has 2 heterocycles. The van der Waals surface area contributed by atoms with E-state index >= 15 is 0 Å². The van der Waals surface area contributed by atoms with E-state index in [2.05, 4.69) is 23.1 Å². The van der Waals surface area contributed by atoms with Crippen molar-refractivity contribution in [2.45, 2.75) is 57.8 Å². The van der Waals surface area contributed by atoms with Gasteiger partial charge in [0, 0.05) is 58.5 Å². The number of nitrogens with zero attached hydrogens (tertiary/aromatic N) is 4. The number of piperidine rings is 1. The summed E-state index contributed by atoms with van der Waals surface area (Å²) in [6.07, 6.45) is 7.89. The highest BCUT2D eigenvalue weighted by Gasteiger charge is 2.32. The molecule has 0 N–H and O–H groups in total. The maximum atomic E-state index is 11.9. The molecule has 1 fully saturated rings. The molecule has 0 bridgehead atoms. The molecule has 1 saturated heterocycles. The Kier molecular flexibility index (Phi) is 6.59. The van der Waals surface area contributed by atoms with Gasteiger partial charge in [0.05, 0.1) is 12.3 Å². The van der Waals surface area contributed by atoms with Crippen LogP contribution < -0.4 is 0 Å². The van der Waals surface area contributed by atoms with Crippen molar-refractivity contribution in [1.82, 2.24) is 19.6 Å². The fraction of sp³-hybridized carbons (Fsp3) is 0.765. The third kappa shape index (κ3) is 4.78. The lowest BCUT2D eigenvalue weighted by molar-refractivity contribution is -0.129. The number of likely N-dealkylation sites (tertiary alicyclic amines) is 1. The van der Waals surface area contributed by atoms with Gasteiger partial charge in [-0.25, -0.2) is 0 Å². The fourth-order valence-electron chi connectivity index (χ4n) is 3.32. The first-order chi connectivity index (χ1) is 11.0. The van der Waals surface area contributed by atoms with Crippen LogP contribution >= 0.6 is 0 Å². The van der Waals surface area contributed by atoms with E-state index in [0.29, 0.717) is 12.5 Å². The lowest BCUT2D eigenvalue weighted by atomic mass is 9.94. The van der Waals surface area contributed by atoms with Crippen molar-refractivity contribution in [2.75, 3.05) is 27.7 Å². The molecule has 0 spiro atoms. The number of carbonyl (C=O) groups excluding carboxylic acids is 1. The van der Waals surface area contributed by atoms with Crippen molar-refractivity contribution in [3.05, 3.63) is 18.0 Å². The second kappa shape index (κ2) is 8.45. The summed E-state index contributed by atoms with van der Waals surface area (Å²) in [6.45, 7) is 4.91. The smallest absolute Gasteiger partial charge is 0.222 e. The molecule has 23 heavy (non-hydrogen) atoms. The van der Waals surface area contributed by atoms with Crippen molar-refractivity contribution in [1.29, 1.82) is 0 Å². The summed E-state index contributed by atoms with van der Waals surface area (Å²) in [5.41, 5.74) is 1.23. The van der Waals surface area contributed by atoms with Gasteiger partial charge in [-0.3, -0.25) is 14.4 Å². The number of amides is 1. The summed E-state index contributed by atoms with van der Waals surface area (Å²) >= 11 is 0. The van der Waals surface area contributed by atoms with Crippen LogP contribution in [-0.4, -0.2) is 65.4 Å². The second-order valence-corrected chi connectivity index (χ2v) is 6.49. The summed E-state index contributed by atoms with van der Waals surface area (Å²) in [7, 11) is 5.41. The zero-order valence-electron chi connectivity index (χ0n) is 14.9. The molecular formula is C17H30N4O2. The molecule has 1 amide bonds. The van der Waals surface area contributed by atoms with E-state index in [1.807, 2.05) is 25.0 Å². The van der Waals surface area contributed by atoms with Gasteiger partial charge in [-0.05, 0) is 32.7 Å². The Labute approximate surface area is 139 Å². The monoisotopic (exact) mass is 322 g/mol. The standard InChI is InChI=1S/C17H30N4O2/c1-5-21-13-14(11-18-21)12-20-10-6-7-16(23-4)15(20)8-9-17(22)19(2)3/h11,13,15-16H,5-10,12H2,1-4H3/t15-,16-/m0/s1. The van der Waals surface area contributed by atoms with Gasteiger partial charge in [0.2, 0.25) is 5.91 Å². The molecular weight excluding hydrogens is 292 g/mol. The number of ether oxygens (including phenoxy) is 1. The number of hydrogen-bond donors (Lipinski definition) is 0. The molecule has 6 nitrogen and oxygen atoms in total. The summed E-state index contributed by atoms with van der Waals surface area (Å²) in [4.78, 5) is 16.1. The zero-order valence-corrected chi connectivity index (χ0v) is 14.9. The fourth-order valence-corrected chi connectivity index (χ4v) is 3.32. The number of hydrogen-bond acceptors (Lipinski definition) is 4. The van der Waals surface area contributed by atoms with E-state index in [9.17, 15) is 4.79 Å². The van der Waals surface area contributed by atoms with Crippen molar-refractivity contribution >= 4 is 5.91 Å². The number of aromatic nitrogens is 2. The molecule has 2 atom stereocenters. The first-order valence-electron chi connectivity index (χ1n) is 8.53. The highest BCUT2D eigenvalue weighted by atomic mass is 16.5. The summed E-state index contributed by atoms with van der Waals surface area (Å²) in [5.74, 6) is 0.184. The van der Waals surface area contributed by atoms with Crippen LogP contribution in [0.25, 0.3) is 0 Å². The van der Waals surface area contributed by atoms with Crippen molar-refractivity contribution in [2.24, 2.45) is 0 Å². The highest BCUT2D eigenvalue weighted by Crippen LogP contribution is 2.25. The van der Waals surface area contributed by atoms with Crippen molar-refractivity contribution in [3.8, 4) is 0 Å². The quantitative estimate of drug-likeness (QED) is 0.767. The second-order valence-electron chi connectivity index (χ2n) is 6.49. The average Bonchev–Trinajstić information content (AvgIpc) is 3.00. The van der Waals surface area contributed by atoms with Gasteiger partial charge >= 0.3 is 0 Å². The molecule has 6 heteroatoms. The average molecular weight is 322 g/mol. The van der Waals surface area contributed by atoms with Crippen LogP contribution in [0.2, 0.25) is 0 Å². The van der Waals surface area contributed by atoms with E-state index in [0.717, 1.165) is 38.9 Å². The van der Waals surface area contributed by atoms with Crippen molar-refractivity contribution < 1.29 is 9.53 Å². The lowest BCUT2D eigenvalue weighted by Gasteiger charge is -2.40. The maximum absolute atomic E-state index is 11.9. The Morgan fingerprint density at radius 3 is 2.87 bits per heavy atom. The van der Waals surface area contributed by atoms with Crippen LogP contribution in [0, 0.1) is 0 Å². The molecule has 1 aromatic heterocycles. The molecule has 0 saturated carbocycles. The topological polar surface area (TPSA) is 50.6 Å². The molecule has 1 aromatic rings. The third-order valence-electron chi connectivity index (χ3n) is 4.68. The Morgan fingerprint density at radius 2 is 2.26 bits per heavy atom. The minimum Gasteiger partial charge on any atom is -0.380 e. The van der Waals surface area contributed by atoms with E-state index in [1.165, 1.54) is 5.56 Å². The molecule has 130 valence electrons. The van der Waals surface area contributed by atoms with Crippen LogP contribution in [-0.2, 0) is 22.6 Å². The van der Waals surface area contributed by atoms with Gasteiger partial charge in [-0.15, -0.1) is 0 Å². The highest BCUT2D eigenvalue weighted by molar-refractivity contribution is 5.75. The third-order valence-corrected chi connectivity index (χ3v) is 4.68. The normalized spacial score (nSPS) is 22.3.